The monoisotopic (exact) mass is 559 g/mol. The Balaban J connectivity index is 2.67. The Morgan fingerprint density at radius 1 is 0.750 bits per heavy atom. The lowest BCUT2D eigenvalue weighted by molar-refractivity contribution is -0.132. The fraction of sp³-hybridized carbons (Fsp3) is 0.727. The topological polar surface area (TPSA) is 87.7 Å². The lowest BCUT2D eigenvalue weighted by Gasteiger charge is -2.32. The molecular weight excluding hydrogens is 502 g/mol. The van der Waals surface area contributed by atoms with E-state index in [0.29, 0.717) is 26.0 Å². The Kier molecular flexibility index (Phi) is 12.6. The number of ketones is 2. The summed E-state index contributed by atoms with van der Waals surface area (Å²) in [6.45, 7) is 24.7. The van der Waals surface area contributed by atoms with Crippen molar-refractivity contribution >= 4 is 17.5 Å². The Hall–Kier alpha value is -2.25. The lowest BCUT2D eigenvalue weighted by Crippen LogP contribution is -2.51. The van der Waals surface area contributed by atoms with Crippen LogP contribution in [0.25, 0.3) is 0 Å². The molecule has 7 nitrogen and oxygen atoms in total. The van der Waals surface area contributed by atoms with Gasteiger partial charge in [-0.25, -0.2) is 0 Å². The summed E-state index contributed by atoms with van der Waals surface area (Å²) in [5.41, 5.74) is -0.253. The summed E-state index contributed by atoms with van der Waals surface area (Å²) >= 11 is 0. The maximum atomic E-state index is 13.1. The van der Waals surface area contributed by atoms with Crippen LogP contribution in [0.4, 0.5) is 0 Å². The molecule has 1 aromatic rings. The average molecular weight is 560 g/mol. The SMILES string of the molecule is CN(CCOc1ccc(CC(NC(C)(C)C)C(=O)C(C)(C)C)cc1)C(=O)CCC(NC(C)(C)C)C(=O)C(C)(C)C. The maximum absolute atomic E-state index is 13.1. The van der Waals surface area contributed by atoms with E-state index in [4.69, 9.17) is 4.74 Å². The molecule has 7 heteroatoms. The highest BCUT2D eigenvalue weighted by Crippen LogP contribution is 2.23. The van der Waals surface area contributed by atoms with Crippen LogP contribution in [0.2, 0.25) is 0 Å². The number of hydrogen-bond donors (Lipinski definition) is 2. The summed E-state index contributed by atoms with van der Waals surface area (Å²) in [5, 5.41) is 6.88. The lowest BCUT2D eigenvalue weighted by atomic mass is 9.83. The first-order valence-electron chi connectivity index (χ1n) is 14.6. The minimum absolute atomic E-state index is 0.0118. The van der Waals surface area contributed by atoms with Gasteiger partial charge in [-0.15, -0.1) is 0 Å². The smallest absolute Gasteiger partial charge is 0.222 e. The fourth-order valence-electron chi connectivity index (χ4n) is 4.41. The molecule has 0 fully saturated rings. The molecule has 1 aromatic carbocycles. The second-order valence-electron chi connectivity index (χ2n) is 15.2. The number of Topliss-reactive ketones (excluding diaryl/α,β-unsaturated/α-hetero) is 2. The van der Waals surface area contributed by atoms with Crippen molar-refractivity contribution in [1.82, 2.24) is 15.5 Å². The van der Waals surface area contributed by atoms with Crippen molar-refractivity contribution in [3.05, 3.63) is 29.8 Å². The van der Waals surface area contributed by atoms with Crippen molar-refractivity contribution in [1.29, 1.82) is 0 Å². The van der Waals surface area contributed by atoms with Crippen LogP contribution in [0.15, 0.2) is 24.3 Å². The van der Waals surface area contributed by atoms with Gasteiger partial charge in [0.15, 0.2) is 11.6 Å². The van der Waals surface area contributed by atoms with Crippen LogP contribution in [0, 0.1) is 10.8 Å². The molecule has 0 aliphatic heterocycles. The molecule has 0 saturated carbocycles. The second kappa shape index (κ2) is 14.1. The standard InChI is InChI=1S/C33H57N3O4/c1-30(2,3)28(38)25(34-32(7,8)9)18-19-27(37)36(13)20-21-40-24-16-14-23(15-17-24)22-26(35-33(10,11)12)29(39)31(4,5)6/h14-17,25-26,34-35H,18-22H2,1-13H3. The van der Waals surface area contributed by atoms with Crippen molar-refractivity contribution < 1.29 is 19.1 Å². The summed E-state index contributed by atoms with van der Waals surface area (Å²) in [4.78, 5) is 40.5. The van der Waals surface area contributed by atoms with E-state index in [9.17, 15) is 14.4 Å². The van der Waals surface area contributed by atoms with Gasteiger partial charge in [0.25, 0.3) is 0 Å². The minimum Gasteiger partial charge on any atom is -0.492 e. The second-order valence-corrected chi connectivity index (χ2v) is 15.2. The minimum atomic E-state index is -0.479. The number of likely N-dealkylation sites (N-methyl/N-ethyl adjacent to an activating group) is 1. The third-order valence-corrected chi connectivity index (χ3v) is 6.46. The number of nitrogens with zero attached hydrogens (tertiary/aromatic N) is 1. The van der Waals surface area contributed by atoms with Crippen LogP contribution in [0.1, 0.15) is 101 Å². The predicted octanol–water partition coefficient (Wildman–Crippen LogP) is 5.59. The first-order chi connectivity index (χ1) is 18.0. The van der Waals surface area contributed by atoms with Crippen molar-refractivity contribution in [2.45, 2.75) is 126 Å². The molecule has 0 aliphatic carbocycles. The molecule has 0 spiro atoms. The molecule has 0 radical (unpaired) electrons. The van der Waals surface area contributed by atoms with E-state index >= 15 is 0 Å². The van der Waals surface area contributed by atoms with Crippen LogP contribution in [-0.2, 0) is 20.8 Å². The zero-order valence-electron chi connectivity index (χ0n) is 27.6. The van der Waals surface area contributed by atoms with E-state index in [1.807, 2.05) is 86.6 Å². The quantitative estimate of drug-likeness (QED) is 0.328. The van der Waals surface area contributed by atoms with Gasteiger partial charge in [-0.1, -0.05) is 53.7 Å². The van der Waals surface area contributed by atoms with Crippen molar-refractivity contribution in [3.63, 3.8) is 0 Å². The summed E-state index contributed by atoms with van der Waals surface area (Å²) < 4.78 is 5.90. The van der Waals surface area contributed by atoms with Gasteiger partial charge in [0, 0.05) is 35.4 Å². The van der Waals surface area contributed by atoms with Crippen LogP contribution in [0.5, 0.6) is 5.75 Å². The largest absolute Gasteiger partial charge is 0.492 e. The van der Waals surface area contributed by atoms with Gasteiger partial charge in [0.2, 0.25) is 5.91 Å². The number of carbonyl (C=O) groups excluding carboxylic acids is 3. The molecular formula is C33H57N3O4. The number of rotatable bonds is 13. The Labute approximate surface area is 244 Å². The number of nitrogens with one attached hydrogen (secondary N) is 2. The van der Waals surface area contributed by atoms with Gasteiger partial charge >= 0.3 is 0 Å². The molecule has 0 aliphatic rings. The zero-order chi connectivity index (χ0) is 31.1. The summed E-state index contributed by atoms with van der Waals surface area (Å²) in [6, 6.07) is 7.16. The Morgan fingerprint density at radius 3 is 1.65 bits per heavy atom. The average Bonchev–Trinajstić information content (AvgIpc) is 2.78. The fourth-order valence-corrected chi connectivity index (χ4v) is 4.41. The molecule has 228 valence electrons. The molecule has 40 heavy (non-hydrogen) atoms. The maximum Gasteiger partial charge on any atom is 0.222 e. The molecule has 0 saturated heterocycles. The molecule has 2 unspecified atom stereocenters. The third kappa shape index (κ3) is 13.4. The summed E-state index contributed by atoms with van der Waals surface area (Å²) in [5.74, 6) is 1.02. The number of ether oxygens (including phenoxy) is 1. The number of amides is 1. The van der Waals surface area contributed by atoms with E-state index in [1.165, 1.54) is 0 Å². The van der Waals surface area contributed by atoms with E-state index in [1.54, 1.807) is 11.9 Å². The molecule has 2 atom stereocenters. The number of hydrogen-bond acceptors (Lipinski definition) is 6. The normalized spacial score (nSPS) is 14.4. The van der Waals surface area contributed by atoms with Gasteiger partial charge < -0.3 is 20.3 Å². The molecule has 2 N–H and O–H groups in total. The van der Waals surface area contributed by atoms with Gasteiger partial charge in [0.1, 0.15) is 12.4 Å². The van der Waals surface area contributed by atoms with Gasteiger partial charge in [0.05, 0.1) is 18.6 Å². The highest BCUT2D eigenvalue weighted by Gasteiger charge is 2.33. The number of benzene rings is 1. The molecule has 0 bridgehead atoms. The van der Waals surface area contributed by atoms with E-state index in [2.05, 4.69) is 31.4 Å². The van der Waals surface area contributed by atoms with Crippen molar-refractivity contribution in [2.24, 2.45) is 10.8 Å². The Morgan fingerprint density at radius 2 is 1.20 bits per heavy atom. The van der Waals surface area contributed by atoms with E-state index < -0.39 is 10.8 Å². The summed E-state index contributed by atoms with van der Waals surface area (Å²) in [7, 11) is 1.77. The van der Waals surface area contributed by atoms with E-state index in [0.717, 1.165) is 11.3 Å². The van der Waals surface area contributed by atoms with Gasteiger partial charge in [-0.3, -0.25) is 14.4 Å². The first kappa shape index (κ1) is 35.8. The van der Waals surface area contributed by atoms with E-state index in [-0.39, 0.29) is 47.1 Å². The molecule has 1 rings (SSSR count). The van der Waals surface area contributed by atoms with Crippen LogP contribution < -0.4 is 15.4 Å². The first-order valence-corrected chi connectivity index (χ1v) is 14.6. The van der Waals surface area contributed by atoms with Crippen molar-refractivity contribution in [3.8, 4) is 5.75 Å². The van der Waals surface area contributed by atoms with Crippen LogP contribution in [-0.4, -0.2) is 65.7 Å². The van der Waals surface area contributed by atoms with Gasteiger partial charge in [-0.05, 0) is 72.1 Å². The predicted molar refractivity (Wildman–Crippen MR) is 165 cm³/mol. The zero-order valence-corrected chi connectivity index (χ0v) is 27.6. The van der Waals surface area contributed by atoms with Gasteiger partial charge in [-0.2, -0.15) is 0 Å². The molecule has 0 heterocycles. The van der Waals surface area contributed by atoms with Crippen LogP contribution in [0.3, 0.4) is 0 Å². The summed E-state index contributed by atoms with van der Waals surface area (Å²) in [6.07, 6.45) is 1.35. The molecule has 0 aromatic heterocycles. The Bertz CT molecular complexity index is 973. The highest BCUT2D eigenvalue weighted by atomic mass is 16.5. The number of carbonyl (C=O) groups is 3. The highest BCUT2D eigenvalue weighted by molar-refractivity contribution is 5.89. The van der Waals surface area contributed by atoms with Crippen LogP contribution >= 0.6 is 0 Å². The van der Waals surface area contributed by atoms with Crippen molar-refractivity contribution in [2.75, 3.05) is 20.2 Å². The molecule has 1 amide bonds. The third-order valence-electron chi connectivity index (χ3n) is 6.46.